The van der Waals surface area contributed by atoms with E-state index >= 15 is 0 Å². The lowest BCUT2D eigenvalue weighted by molar-refractivity contribution is 0.531. The maximum Gasteiger partial charge on any atom is 0.117 e. The van der Waals surface area contributed by atoms with Crippen LogP contribution in [0, 0.1) is 6.92 Å². The smallest absolute Gasteiger partial charge is 0.117 e. The van der Waals surface area contributed by atoms with Gasteiger partial charge < -0.3 is 5.32 Å². The molecule has 1 aromatic carbocycles. The average molecular weight is 399 g/mol. The molecule has 0 unspecified atom stereocenters. The molecule has 4 nitrogen and oxygen atoms in total. The molecule has 0 aliphatic carbocycles. The normalized spacial score (nSPS) is 11.2. The Kier molecular flexibility index (Phi) is 12.4. The summed E-state index contributed by atoms with van der Waals surface area (Å²) in [6, 6.07) is 8.35. The number of hydrogen-bond acceptors (Lipinski definition) is 3. The molecule has 0 aliphatic rings. The quantitative estimate of drug-likeness (QED) is 0.283. The maximum atomic E-state index is 4.36. The third kappa shape index (κ3) is 9.58. The summed E-state index contributed by atoms with van der Waals surface area (Å²) in [4.78, 5) is 0. The second-order valence-corrected chi connectivity index (χ2v) is 8.35. The molecule has 1 heterocycles. The molecular weight excluding hydrogens is 356 g/mol. The number of aromatic amines is 1. The summed E-state index contributed by atoms with van der Waals surface area (Å²) in [5.74, 6) is 0. The summed E-state index contributed by atoms with van der Waals surface area (Å²) in [7, 11) is 0. The molecule has 29 heavy (non-hydrogen) atoms. The van der Waals surface area contributed by atoms with Gasteiger partial charge in [0.1, 0.15) is 11.4 Å². The molecule has 0 saturated carbocycles. The Balaban J connectivity index is 1.45. The van der Waals surface area contributed by atoms with Gasteiger partial charge in [-0.15, -0.1) is 0 Å². The lowest BCUT2D eigenvalue weighted by Gasteiger charge is -2.06. The largest absolute Gasteiger partial charge is 0.311 e. The third-order valence-electron chi connectivity index (χ3n) is 5.77. The van der Waals surface area contributed by atoms with Gasteiger partial charge in [-0.3, -0.25) is 0 Å². The average Bonchev–Trinajstić information content (AvgIpc) is 3.19. The van der Waals surface area contributed by atoms with Crippen LogP contribution in [0.5, 0.6) is 0 Å². The highest BCUT2D eigenvalue weighted by atomic mass is 15.3. The Bertz CT molecular complexity index is 650. The Hall–Kier alpha value is -1.68. The highest BCUT2D eigenvalue weighted by molar-refractivity contribution is 5.64. The Morgan fingerprint density at radius 3 is 1.97 bits per heavy atom. The first-order valence-corrected chi connectivity index (χ1v) is 12.0. The zero-order valence-electron chi connectivity index (χ0n) is 18.8. The van der Waals surface area contributed by atoms with Crippen LogP contribution in [0.15, 0.2) is 24.3 Å². The number of nitrogens with one attached hydrogen (secondary N) is 2. The third-order valence-corrected chi connectivity index (χ3v) is 5.77. The number of unbranched alkanes of at least 4 members (excludes halogenated alkanes) is 12. The maximum absolute atomic E-state index is 4.36. The van der Waals surface area contributed by atoms with Gasteiger partial charge in [-0.2, -0.15) is 15.4 Å². The molecule has 0 fully saturated rings. The molecule has 0 amide bonds. The van der Waals surface area contributed by atoms with Crippen LogP contribution in [0.4, 0.5) is 0 Å². The van der Waals surface area contributed by atoms with Crippen molar-refractivity contribution in [1.29, 1.82) is 0 Å². The summed E-state index contributed by atoms with van der Waals surface area (Å²) >= 11 is 0. The predicted octanol–water partition coefficient (Wildman–Crippen LogP) is 6.96. The van der Waals surface area contributed by atoms with Crippen molar-refractivity contribution < 1.29 is 0 Å². The molecule has 0 spiro atoms. The van der Waals surface area contributed by atoms with Crippen molar-refractivity contribution in [3.63, 3.8) is 0 Å². The van der Waals surface area contributed by atoms with Crippen molar-refractivity contribution in [2.75, 3.05) is 6.54 Å². The van der Waals surface area contributed by atoms with Crippen LogP contribution < -0.4 is 5.32 Å². The molecular formula is C25H42N4. The lowest BCUT2D eigenvalue weighted by Crippen LogP contribution is -2.15. The van der Waals surface area contributed by atoms with Gasteiger partial charge in [0.15, 0.2) is 0 Å². The number of rotatable bonds is 17. The molecule has 162 valence electrons. The second-order valence-electron chi connectivity index (χ2n) is 8.35. The Morgan fingerprint density at radius 1 is 0.759 bits per heavy atom. The van der Waals surface area contributed by atoms with E-state index in [0.29, 0.717) is 0 Å². The summed E-state index contributed by atoms with van der Waals surface area (Å²) in [5.41, 5.74) is 4.38. The van der Waals surface area contributed by atoms with Crippen LogP contribution in [0.2, 0.25) is 0 Å². The molecule has 0 radical (unpaired) electrons. The number of H-pyrrole nitrogens is 1. The van der Waals surface area contributed by atoms with Crippen LogP contribution in [0.1, 0.15) is 102 Å². The number of aromatic nitrogens is 3. The monoisotopic (exact) mass is 398 g/mol. The highest BCUT2D eigenvalue weighted by Gasteiger charge is 2.11. The van der Waals surface area contributed by atoms with Crippen LogP contribution in [0.3, 0.4) is 0 Å². The number of nitrogens with zero attached hydrogens (tertiary/aromatic N) is 2. The van der Waals surface area contributed by atoms with Crippen LogP contribution >= 0.6 is 0 Å². The van der Waals surface area contributed by atoms with E-state index < -0.39 is 0 Å². The van der Waals surface area contributed by atoms with Gasteiger partial charge >= 0.3 is 0 Å². The van der Waals surface area contributed by atoms with Crippen molar-refractivity contribution in [3.8, 4) is 11.3 Å². The minimum absolute atomic E-state index is 0.776. The molecule has 2 N–H and O–H groups in total. The summed E-state index contributed by atoms with van der Waals surface area (Å²) < 4.78 is 0. The van der Waals surface area contributed by atoms with Gasteiger partial charge in [0.2, 0.25) is 0 Å². The molecule has 0 aliphatic heterocycles. The van der Waals surface area contributed by atoms with Gasteiger partial charge in [0.25, 0.3) is 0 Å². The fourth-order valence-corrected chi connectivity index (χ4v) is 3.90. The van der Waals surface area contributed by atoms with Crippen LogP contribution in [0.25, 0.3) is 11.3 Å². The first-order chi connectivity index (χ1) is 14.3. The van der Waals surface area contributed by atoms with Crippen molar-refractivity contribution in [1.82, 2.24) is 20.7 Å². The Labute approximate surface area is 178 Å². The van der Waals surface area contributed by atoms with E-state index in [1.54, 1.807) is 0 Å². The van der Waals surface area contributed by atoms with E-state index in [4.69, 9.17) is 0 Å². The fourth-order valence-electron chi connectivity index (χ4n) is 3.90. The number of benzene rings is 1. The van der Waals surface area contributed by atoms with E-state index in [1.807, 2.05) is 0 Å². The van der Waals surface area contributed by atoms with E-state index in [0.717, 1.165) is 24.5 Å². The minimum atomic E-state index is 0.776. The van der Waals surface area contributed by atoms with Gasteiger partial charge in [0.05, 0.1) is 0 Å². The molecule has 0 atom stereocenters. The molecule has 2 aromatic rings. The first-order valence-electron chi connectivity index (χ1n) is 12.0. The van der Waals surface area contributed by atoms with Gasteiger partial charge in [-0.1, -0.05) is 108 Å². The first kappa shape index (κ1) is 23.6. The van der Waals surface area contributed by atoms with Gasteiger partial charge in [-0.05, 0) is 25.5 Å². The fraction of sp³-hybridized carbons (Fsp3) is 0.680. The highest BCUT2D eigenvalue weighted by Crippen LogP contribution is 2.23. The SMILES string of the molecule is CCCCCCCCCCCCCCCNCc1n[nH]nc1-c1ccccc1C. The number of aryl methyl sites for hydroxylation is 1. The topological polar surface area (TPSA) is 53.6 Å². The van der Waals surface area contributed by atoms with Crippen LogP contribution in [-0.2, 0) is 6.54 Å². The van der Waals surface area contributed by atoms with Crippen molar-refractivity contribution in [3.05, 3.63) is 35.5 Å². The Morgan fingerprint density at radius 2 is 1.34 bits per heavy atom. The molecule has 0 saturated heterocycles. The van der Waals surface area contributed by atoms with E-state index in [1.165, 1.54) is 94.6 Å². The summed E-state index contributed by atoms with van der Waals surface area (Å²) in [6.45, 7) is 6.24. The predicted molar refractivity (Wildman–Crippen MR) is 124 cm³/mol. The molecule has 0 bridgehead atoms. The zero-order chi connectivity index (χ0) is 20.6. The minimum Gasteiger partial charge on any atom is -0.311 e. The standard InChI is InChI=1S/C25H42N4/c1-3-4-5-6-7-8-9-10-11-12-13-14-17-20-26-21-24-25(28-29-27-24)23-19-16-15-18-22(23)2/h15-16,18-19,26H,3-14,17,20-21H2,1-2H3,(H,27,28,29). The summed E-state index contributed by atoms with van der Waals surface area (Å²) in [5, 5.41) is 15.0. The van der Waals surface area contributed by atoms with Crippen molar-refractivity contribution in [2.24, 2.45) is 0 Å². The second kappa shape index (κ2) is 15.2. The zero-order valence-corrected chi connectivity index (χ0v) is 18.8. The summed E-state index contributed by atoms with van der Waals surface area (Å²) in [6.07, 6.45) is 18.2. The van der Waals surface area contributed by atoms with Gasteiger partial charge in [0, 0.05) is 12.1 Å². The molecule has 4 heteroatoms. The lowest BCUT2D eigenvalue weighted by atomic mass is 10.0. The van der Waals surface area contributed by atoms with E-state index in [9.17, 15) is 0 Å². The molecule has 2 rings (SSSR count). The van der Waals surface area contributed by atoms with Crippen LogP contribution in [-0.4, -0.2) is 22.0 Å². The van der Waals surface area contributed by atoms with Crippen molar-refractivity contribution in [2.45, 2.75) is 104 Å². The van der Waals surface area contributed by atoms with Gasteiger partial charge in [-0.25, -0.2) is 0 Å². The van der Waals surface area contributed by atoms with E-state index in [2.05, 4.69) is 58.8 Å². The van der Waals surface area contributed by atoms with Crippen molar-refractivity contribution >= 4 is 0 Å². The number of hydrogen-bond donors (Lipinski definition) is 2. The molecule has 1 aromatic heterocycles. The van der Waals surface area contributed by atoms with E-state index in [-0.39, 0.29) is 0 Å².